The number of piperidine rings is 1. The van der Waals surface area contributed by atoms with Crippen LogP contribution >= 0.6 is 12.4 Å². The molecule has 1 aromatic carbocycles. The van der Waals surface area contributed by atoms with Gasteiger partial charge in [0.05, 0.1) is 18.1 Å². The van der Waals surface area contributed by atoms with E-state index in [9.17, 15) is 4.79 Å². The molecule has 2 atom stereocenters. The van der Waals surface area contributed by atoms with Crippen LogP contribution in [0, 0.1) is 11.8 Å². The van der Waals surface area contributed by atoms with E-state index in [2.05, 4.69) is 27.9 Å². The zero-order valence-electron chi connectivity index (χ0n) is 13.8. The van der Waals surface area contributed by atoms with E-state index in [1.807, 2.05) is 24.3 Å². The monoisotopic (exact) mass is 349 g/mol. The van der Waals surface area contributed by atoms with Gasteiger partial charge in [-0.2, -0.15) is 0 Å². The normalized spacial score (nSPS) is 18.5. The van der Waals surface area contributed by atoms with Crippen molar-refractivity contribution < 1.29 is 4.79 Å². The summed E-state index contributed by atoms with van der Waals surface area (Å²) >= 11 is 0. The third-order valence-electron chi connectivity index (χ3n) is 4.49. The Morgan fingerprint density at radius 1 is 1.42 bits per heavy atom. The fraction of sp³-hybridized carbons (Fsp3) is 0.471. The lowest BCUT2D eigenvalue weighted by Crippen LogP contribution is -2.34. The van der Waals surface area contributed by atoms with Crippen LogP contribution in [0.15, 0.2) is 36.7 Å². The molecule has 6 nitrogen and oxygen atoms in total. The zero-order chi connectivity index (χ0) is 16.1. The number of nitrogens with zero attached hydrogens (tertiary/aromatic N) is 3. The van der Waals surface area contributed by atoms with Crippen molar-refractivity contribution in [3.05, 3.63) is 36.7 Å². The van der Waals surface area contributed by atoms with Crippen LogP contribution in [0.2, 0.25) is 0 Å². The molecule has 2 unspecified atom stereocenters. The molecule has 0 radical (unpaired) electrons. The number of aromatic nitrogens is 3. The molecule has 7 heteroatoms. The molecule has 1 aliphatic rings. The fourth-order valence-electron chi connectivity index (χ4n) is 3.08. The molecule has 3 rings (SSSR count). The SMILES string of the molecule is CC(CC(=O)Nc1ccc(-n2ccnn2)cc1)C1CCCNC1.Cl. The molecule has 1 fully saturated rings. The molecule has 0 spiro atoms. The van der Waals surface area contributed by atoms with Gasteiger partial charge in [0.2, 0.25) is 5.91 Å². The van der Waals surface area contributed by atoms with E-state index in [1.54, 1.807) is 17.1 Å². The second-order valence-corrected chi connectivity index (χ2v) is 6.23. The standard InChI is InChI=1S/C17H23N5O.ClH/c1-13(14-3-2-8-18-12-14)11-17(23)20-15-4-6-16(7-5-15)22-10-9-19-21-22;/h4-7,9-10,13-14,18H,2-3,8,11-12H2,1H3,(H,20,23);1H. The summed E-state index contributed by atoms with van der Waals surface area (Å²) in [5.74, 6) is 1.08. The van der Waals surface area contributed by atoms with Gasteiger partial charge in [-0.1, -0.05) is 12.1 Å². The van der Waals surface area contributed by atoms with Crippen LogP contribution in [-0.4, -0.2) is 34.0 Å². The predicted octanol–water partition coefficient (Wildman–Crippen LogP) is 2.65. The summed E-state index contributed by atoms with van der Waals surface area (Å²) < 4.78 is 1.68. The van der Waals surface area contributed by atoms with E-state index in [1.165, 1.54) is 12.8 Å². The summed E-state index contributed by atoms with van der Waals surface area (Å²) in [7, 11) is 0. The summed E-state index contributed by atoms with van der Waals surface area (Å²) in [5.41, 5.74) is 1.73. The number of carbonyl (C=O) groups excluding carboxylic acids is 1. The molecule has 0 bridgehead atoms. The van der Waals surface area contributed by atoms with Crippen LogP contribution in [0.5, 0.6) is 0 Å². The summed E-state index contributed by atoms with van der Waals surface area (Å²) in [6.45, 7) is 4.31. The highest BCUT2D eigenvalue weighted by Crippen LogP contribution is 2.23. The van der Waals surface area contributed by atoms with Crippen molar-refractivity contribution in [3.63, 3.8) is 0 Å². The van der Waals surface area contributed by atoms with Gasteiger partial charge in [0.25, 0.3) is 0 Å². The van der Waals surface area contributed by atoms with Gasteiger partial charge in [-0.3, -0.25) is 4.79 Å². The molecule has 2 N–H and O–H groups in total. The van der Waals surface area contributed by atoms with Gasteiger partial charge >= 0.3 is 0 Å². The van der Waals surface area contributed by atoms with Crippen molar-refractivity contribution >= 4 is 24.0 Å². The summed E-state index contributed by atoms with van der Waals surface area (Å²) in [5, 5.41) is 14.1. The summed E-state index contributed by atoms with van der Waals surface area (Å²) in [6.07, 6.45) is 6.41. The van der Waals surface area contributed by atoms with Crippen molar-refractivity contribution in [1.82, 2.24) is 20.3 Å². The topological polar surface area (TPSA) is 71.8 Å². The number of rotatable bonds is 5. The number of hydrogen-bond acceptors (Lipinski definition) is 4. The highest BCUT2D eigenvalue weighted by molar-refractivity contribution is 5.90. The Hall–Kier alpha value is -1.92. The van der Waals surface area contributed by atoms with Gasteiger partial charge in [-0.05, 0) is 62.0 Å². The van der Waals surface area contributed by atoms with Crippen LogP contribution in [0.4, 0.5) is 5.69 Å². The predicted molar refractivity (Wildman–Crippen MR) is 96.6 cm³/mol. The lowest BCUT2D eigenvalue weighted by molar-refractivity contribution is -0.117. The van der Waals surface area contributed by atoms with Crippen LogP contribution in [-0.2, 0) is 4.79 Å². The van der Waals surface area contributed by atoms with Crippen LogP contribution in [0.1, 0.15) is 26.2 Å². The van der Waals surface area contributed by atoms with E-state index >= 15 is 0 Å². The van der Waals surface area contributed by atoms with Gasteiger partial charge in [-0.15, -0.1) is 17.5 Å². The Balaban J connectivity index is 0.00000208. The second kappa shape index (κ2) is 8.80. The maximum atomic E-state index is 12.2. The molecule has 2 heterocycles. The van der Waals surface area contributed by atoms with Gasteiger partial charge in [0, 0.05) is 12.1 Å². The Kier molecular flexibility index (Phi) is 6.75. The maximum Gasteiger partial charge on any atom is 0.224 e. The van der Waals surface area contributed by atoms with E-state index < -0.39 is 0 Å². The van der Waals surface area contributed by atoms with E-state index in [-0.39, 0.29) is 18.3 Å². The van der Waals surface area contributed by atoms with Crippen molar-refractivity contribution in [3.8, 4) is 5.69 Å². The van der Waals surface area contributed by atoms with Crippen molar-refractivity contribution in [2.24, 2.45) is 11.8 Å². The number of nitrogens with one attached hydrogen (secondary N) is 2. The quantitative estimate of drug-likeness (QED) is 0.870. The first-order chi connectivity index (χ1) is 11.2. The third-order valence-corrected chi connectivity index (χ3v) is 4.49. The number of benzene rings is 1. The largest absolute Gasteiger partial charge is 0.326 e. The van der Waals surface area contributed by atoms with Crippen LogP contribution in [0.3, 0.4) is 0 Å². The molecular weight excluding hydrogens is 326 g/mol. The van der Waals surface area contributed by atoms with Crippen molar-refractivity contribution in [1.29, 1.82) is 0 Å². The molecule has 0 aliphatic carbocycles. The average Bonchev–Trinajstić information content (AvgIpc) is 3.11. The van der Waals surface area contributed by atoms with E-state index in [0.29, 0.717) is 18.3 Å². The van der Waals surface area contributed by atoms with E-state index in [4.69, 9.17) is 0 Å². The summed E-state index contributed by atoms with van der Waals surface area (Å²) in [4.78, 5) is 12.2. The molecular formula is C17H24ClN5O. The molecule has 1 amide bonds. The lowest BCUT2D eigenvalue weighted by atomic mass is 9.85. The number of halogens is 1. The van der Waals surface area contributed by atoms with Gasteiger partial charge < -0.3 is 10.6 Å². The molecule has 1 aliphatic heterocycles. The average molecular weight is 350 g/mol. The van der Waals surface area contributed by atoms with Gasteiger partial charge in [0.15, 0.2) is 0 Å². The summed E-state index contributed by atoms with van der Waals surface area (Å²) in [6, 6.07) is 7.61. The molecule has 1 aromatic heterocycles. The Morgan fingerprint density at radius 2 is 2.21 bits per heavy atom. The van der Waals surface area contributed by atoms with Crippen LogP contribution in [0.25, 0.3) is 5.69 Å². The maximum absolute atomic E-state index is 12.2. The lowest BCUT2D eigenvalue weighted by Gasteiger charge is -2.28. The highest BCUT2D eigenvalue weighted by Gasteiger charge is 2.21. The number of amides is 1. The smallest absolute Gasteiger partial charge is 0.224 e. The first-order valence-electron chi connectivity index (χ1n) is 8.19. The Morgan fingerprint density at radius 3 is 2.83 bits per heavy atom. The number of hydrogen-bond donors (Lipinski definition) is 2. The third kappa shape index (κ3) is 4.79. The first-order valence-corrected chi connectivity index (χ1v) is 8.19. The number of carbonyl (C=O) groups is 1. The molecule has 1 saturated heterocycles. The fourth-order valence-corrected chi connectivity index (χ4v) is 3.08. The van der Waals surface area contributed by atoms with Gasteiger partial charge in [0.1, 0.15) is 0 Å². The zero-order valence-corrected chi connectivity index (χ0v) is 14.6. The van der Waals surface area contributed by atoms with Crippen LogP contribution < -0.4 is 10.6 Å². The Labute approximate surface area is 148 Å². The minimum Gasteiger partial charge on any atom is -0.326 e. The highest BCUT2D eigenvalue weighted by atomic mass is 35.5. The molecule has 130 valence electrons. The van der Waals surface area contributed by atoms with Crippen molar-refractivity contribution in [2.75, 3.05) is 18.4 Å². The molecule has 0 saturated carbocycles. The Bertz CT molecular complexity index is 623. The minimum absolute atomic E-state index is 0. The first kappa shape index (κ1) is 18.4. The second-order valence-electron chi connectivity index (χ2n) is 6.23. The molecule has 2 aromatic rings. The van der Waals surface area contributed by atoms with E-state index in [0.717, 1.165) is 24.5 Å². The van der Waals surface area contributed by atoms with Crippen molar-refractivity contribution in [2.45, 2.75) is 26.2 Å². The number of anilines is 1. The van der Waals surface area contributed by atoms with Gasteiger partial charge in [-0.25, -0.2) is 4.68 Å². The minimum atomic E-state index is 0. The molecule has 24 heavy (non-hydrogen) atoms.